The molecule has 3 rings (SSSR count). The summed E-state index contributed by atoms with van der Waals surface area (Å²) in [4.78, 5) is 0. The topological polar surface area (TPSA) is 44.3 Å². The Bertz CT molecular complexity index is 802. The number of nitrogens with two attached hydrogens (primary N) is 1. The monoisotopic (exact) mass is 426 g/mol. The van der Waals surface area contributed by atoms with Crippen molar-refractivity contribution < 1.29 is 19.5 Å². The normalized spacial score (nSPS) is 21.5. The van der Waals surface area contributed by atoms with Gasteiger partial charge in [0, 0.05) is 29.6 Å². The van der Waals surface area contributed by atoms with E-state index in [1.54, 1.807) is 7.11 Å². The lowest BCUT2D eigenvalue weighted by Crippen LogP contribution is -2.83. The van der Waals surface area contributed by atoms with Gasteiger partial charge in [0.1, 0.15) is 18.0 Å². The summed E-state index contributed by atoms with van der Waals surface area (Å²) < 4.78 is 17.7. The fraction of sp³-hybridized carbons (Fsp3) is 0.556. The lowest BCUT2D eigenvalue weighted by atomic mass is 9.68. The van der Waals surface area contributed by atoms with Crippen molar-refractivity contribution in [2.75, 3.05) is 20.3 Å². The van der Waals surface area contributed by atoms with E-state index in [4.69, 9.17) is 14.2 Å². The smallest absolute Gasteiger partial charge is 0.122 e. The van der Waals surface area contributed by atoms with Gasteiger partial charge in [-0.15, -0.1) is 0 Å². The van der Waals surface area contributed by atoms with Gasteiger partial charge in [-0.2, -0.15) is 0 Å². The molecule has 0 spiro atoms. The van der Waals surface area contributed by atoms with Gasteiger partial charge in [-0.1, -0.05) is 32.0 Å². The molecule has 4 nitrogen and oxygen atoms in total. The average Bonchev–Trinajstić information content (AvgIpc) is 2.77. The van der Waals surface area contributed by atoms with Crippen molar-refractivity contribution in [2.24, 2.45) is 5.92 Å². The summed E-state index contributed by atoms with van der Waals surface area (Å²) in [5.41, 5.74) is 2.77. The maximum atomic E-state index is 6.14. The van der Waals surface area contributed by atoms with Gasteiger partial charge < -0.3 is 19.5 Å². The Hall–Kier alpha value is -2.04. The largest absolute Gasteiger partial charge is 0.496 e. The molecule has 2 atom stereocenters. The Balaban J connectivity index is 1.67. The number of rotatable bonds is 10. The van der Waals surface area contributed by atoms with Gasteiger partial charge in [0.2, 0.25) is 0 Å². The van der Waals surface area contributed by atoms with Crippen LogP contribution in [0.15, 0.2) is 48.5 Å². The first-order valence-corrected chi connectivity index (χ1v) is 11.8. The first kappa shape index (κ1) is 23.6. The lowest BCUT2D eigenvalue weighted by Gasteiger charge is -2.43. The first-order valence-electron chi connectivity index (χ1n) is 11.8. The standard InChI is InChI=1S/C27H39NO3/c1-20(2)26-18-27(15-17-30-26,24-8-6-7-9-25(24)29-5)14-16-28-19-22-10-12-23(13-11-22)31-21(3)4/h6-13,20-21,26,28H,14-19H2,1-5H3/p+1/t26-,27+/m1/s1. The zero-order valence-corrected chi connectivity index (χ0v) is 19.9. The minimum Gasteiger partial charge on any atom is -0.496 e. The van der Waals surface area contributed by atoms with Gasteiger partial charge in [-0.05, 0) is 62.9 Å². The molecule has 1 heterocycles. The number of methoxy groups -OCH3 is 1. The van der Waals surface area contributed by atoms with Crippen molar-refractivity contribution in [3.8, 4) is 11.5 Å². The van der Waals surface area contributed by atoms with Crippen LogP contribution < -0.4 is 14.8 Å². The van der Waals surface area contributed by atoms with Crippen molar-refractivity contribution in [3.05, 3.63) is 59.7 Å². The zero-order valence-electron chi connectivity index (χ0n) is 19.9. The van der Waals surface area contributed by atoms with Crippen molar-refractivity contribution in [2.45, 2.75) is 71.1 Å². The molecule has 0 saturated carbocycles. The van der Waals surface area contributed by atoms with E-state index in [1.807, 2.05) is 0 Å². The number of ether oxygens (including phenoxy) is 3. The second-order valence-electron chi connectivity index (χ2n) is 9.43. The number of benzene rings is 2. The van der Waals surface area contributed by atoms with E-state index < -0.39 is 0 Å². The van der Waals surface area contributed by atoms with Crippen LogP contribution in [0.25, 0.3) is 0 Å². The Morgan fingerprint density at radius 1 is 1.06 bits per heavy atom. The number of hydrogen-bond acceptors (Lipinski definition) is 3. The van der Waals surface area contributed by atoms with Gasteiger partial charge in [0.25, 0.3) is 0 Å². The number of para-hydroxylation sites is 1. The van der Waals surface area contributed by atoms with E-state index in [2.05, 4.69) is 81.5 Å². The molecular formula is C27H40NO3+. The molecule has 2 aromatic rings. The molecule has 0 radical (unpaired) electrons. The highest BCUT2D eigenvalue weighted by molar-refractivity contribution is 5.40. The Labute approximate surface area is 188 Å². The summed E-state index contributed by atoms with van der Waals surface area (Å²) >= 11 is 0. The fourth-order valence-electron chi connectivity index (χ4n) is 4.69. The van der Waals surface area contributed by atoms with E-state index in [0.717, 1.165) is 50.5 Å². The fourth-order valence-corrected chi connectivity index (χ4v) is 4.69. The molecule has 2 N–H and O–H groups in total. The third kappa shape index (κ3) is 6.24. The van der Waals surface area contributed by atoms with Crippen LogP contribution in [0.1, 0.15) is 58.1 Å². The second-order valence-corrected chi connectivity index (χ2v) is 9.43. The van der Waals surface area contributed by atoms with Crippen LogP contribution in [0.4, 0.5) is 0 Å². The van der Waals surface area contributed by atoms with E-state index in [9.17, 15) is 0 Å². The molecule has 2 aromatic carbocycles. The lowest BCUT2D eigenvalue weighted by molar-refractivity contribution is -0.671. The molecule has 0 unspecified atom stereocenters. The minimum absolute atomic E-state index is 0.102. The minimum atomic E-state index is 0.102. The zero-order chi connectivity index (χ0) is 22.3. The van der Waals surface area contributed by atoms with Gasteiger partial charge in [-0.3, -0.25) is 0 Å². The van der Waals surface area contributed by atoms with E-state index >= 15 is 0 Å². The highest BCUT2D eigenvalue weighted by Gasteiger charge is 2.41. The summed E-state index contributed by atoms with van der Waals surface area (Å²) in [6.07, 6.45) is 3.73. The van der Waals surface area contributed by atoms with Crippen LogP contribution in [-0.4, -0.2) is 32.5 Å². The van der Waals surface area contributed by atoms with Crippen LogP contribution in [0, 0.1) is 5.92 Å². The maximum Gasteiger partial charge on any atom is 0.122 e. The van der Waals surface area contributed by atoms with Gasteiger partial charge in [0.15, 0.2) is 0 Å². The van der Waals surface area contributed by atoms with Gasteiger partial charge in [-0.25, -0.2) is 0 Å². The Kier molecular flexibility index (Phi) is 8.39. The van der Waals surface area contributed by atoms with Crippen molar-refractivity contribution in [3.63, 3.8) is 0 Å². The molecule has 0 bridgehead atoms. The van der Waals surface area contributed by atoms with Crippen LogP contribution in [0.2, 0.25) is 0 Å². The summed E-state index contributed by atoms with van der Waals surface area (Å²) in [5.74, 6) is 2.47. The third-order valence-electron chi connectivity index (χ3n) is 6.43. The molecule has 31 heavy (non-hydrogen) atoms. The molecule has 1 aliphatic heterocycles. The van der Waals surface area contributed by atoms with Crippen LogP contribution >= 0.6 is 0 Å². The SMILES string of the molecule is COc1ccccc1[C@@]1(CC[NH2+]Cc2ccc(OC(C)C)cc2)CCO[C@@H](C(C)C)C1. The first-order chi connectivity index (χ1) is 14.9. The van der Waals surface area contributed by atoms with Crippen molar-refractivity contribution >= 4 is 0 Å². The van der Waals surface area contributed by atoms with E-state index in [-0.39, 0.29) is 11.5 Å². The summed E-state index contributed by atoms with van der Waals surface area (Å²) in [5, 5.41) is 2.43. The summed E-state index contributed by atoms with van der Waals surface area (Å²) in [6, 6.07) is 17.1. The molecule has 0 aliphatic carbocycles. The average molecular weight is 427 g/mol. The predicted octanol–water partition coefficient (Wildman–Crippen LogP) is 4.71. The van der Waals surface area contributed by atoms with Crippen molar-refractivity contribution in [1.29, 1.82) is 0 Å². The van der Waals surface area contributed by atoms with Crippen LogP contribution in [0.3, 0.4) is 0 Å². The predicted molar refractivity (Wildman–Crippen MR) is 126 cm³/mol. The van der Waals surface area contributed by atoms with Crippen LogP contribution in [0.5, 0.6) is 11.5 Å². The highest BCUT2D eigenvalue weighted by atomic mass is 16.5. The molecule has 1 aliphatic rings. The quantitative estimate of drug-likeness (QED) is 0.560. The van der Waals surface area contributed by atoms with Gasteiger partial charge >= 0.3 is 0 Å². The van der Waals surface area contributed by atoms with E-state index in [0.29, 0.717) is 12.0 Å². The number of hydrogen-bond donors (Lipinski definition) is 1. The molecule has 1 saturated heterocycles. The summed E-state index contributed by atoms with van der Waals surface area (Å²) in [6.45, 7) is 11.5. The molecule has 170 valence electrons. The molecular weight excluding hydrogens is 386 g/mol. The second kappa shape index (κ2) is 11.0. The molecule has 4 heteroatoms. The van der Waals surface area contributed by atoms with E-state index in [1.165, 1.54) is 11.1 Å². The maximum absolute atomic E-state index is 6.14. The molecule has 0 amide bonds. The van der Waals surface area contributed by atoms with Crippen molar-refractivity contribution in [1.82, 2.24) is 0 Å². The van der Waals surface area contributed by atoms with Crippen LogP contribution in [-0.2, 0) is 16.7 Å². The van der Waals surface area contributed by atoms with Gasteiger partial charge in [0.05, 0.1) is 25.9 Å². The molecule has 0 aromatic heterocycles. The molecule has 1 fully saturated rings. The Morgan fingerprint density at radius 2 is 1.81 bits per heavy atom. The third-order valence-corrected chi connectivity index (χ3v) is 6.43. The highest BCUT2D eigenvalue weighted by Crippen LogP contribution is 2.44. The number of quaternary nitrogens is 1. The summed E-state index contributed by atoms with van der Waals surface area (Å²) in [7, 11) is 1.78. The Morgan fingerprint density at radius 3 is 2.48 bits per heavy atom.